The van der Waals surface area contributed by atoms with Crippen LogP contribution in [0.4, 0.5) is 0 Å². The van der Waals surface area contributed by atoms with Crippen LogP contribution < -0.4 is 0 Å². The van der Waals surface area contributed by atoms with Crippen LogP contribution in [0.1, 0.15) is 25.0 Å². The molecule has 0 unspecified atom stereocenters. The highest BCUT2D eigenvalue weighted by molar-refractivity contribution is 6.15. The van der Waals surface area contributed by atoms with Crippen LogP contribution >= 0.6 is 0 Å². The second kappa shape index (κ2) is 12.8. The van der Waals surface area contributed by atoms with Gasteiger partial charge in [-0.1, -0.05) is 178 Å². The first-order valence-electron chi connectivity index (χ1n) is 20.4. The third-order valence-electron chi connectivity index (χ3n) is 12.7. The highest BCUT2D eigenvalue weighted by atomic mass is 15.0. The maximum atomic E-state index is 5.50. The summed E-state index contributed by atoms with van der Waals surface area (Å²) in [5.74, 6) is 1.94. The lowest BCUT2D eigenvalue weighted by molar-refractivity contribution is 0.660. The summed E-state index contributed by atoms with van der Waals surface area (Å²) in [4.78, 5) is 16.5. The molecule has 11 aromatic rings. The van der Waals surface area contributed by atoms with Gasteiger partial charge in [-0.25, -0.2) is 15.0 Å². The van der Waals surface area contributed by atoms with Crippen molar-refractivity contribution >= 4 is 53.9 Å². The normalized spacial score (nSPS) is 13.1. The molecule has 0 radical (unpaired) electrons. The van der Waals surface area contributed by atoms with E-state index < -0.39 is 0 Å². The number of rotatable bonds is 4. The lowest BCUT2D eigenvalue weighted by atomic mass is 9.81. The van der Waals surface area contributed by atoms with E-state index in [1.165, 1.54) is 49.2 Å². The summed E-state index contributed by atoms with van der Waals surface area (Å²) in [6, 6.07) is 67.9. The van der Waals surface area contributed by atoms with Gasteiger partial charge in [0, 0.05) is 27.7 Å². The van der Waals surface area contributed by atoms with Crippen molar-refractivity contribution in [1.82, 2.24) is 15.0 Å². The van der Waals surface area contributed by atoms with Crippen molar-refractivity contribution in [3.63, 3.8) is 0 Å². The highest BCUT2D eigenvalue weighted by Gasteiger charge is 2.35. The Balaban J connectivity index is 1.17. The fourth-order valence-electron chi connectivity index (χ4n) is 9.84. The summed E-state index contributed by atoms with van der Waals surface area (Å²) < 4.78 is 0. The molecule has 0 saturated carbocycles. The first-order chi connectivity index (χ1) is 29.0. The van der Waals surface area contributed by atoms with Gasteiger partial charge in [0.2, 0.25) is 0 Å². The molecule has 0 amide bonds. The van der Waals surface area contributed by atoms with Crippen LogP contribution in [-0.4, -0.2) is 15.0 Å². The lowest BCUT2D eigenvalue weighted by Crippen LogP contribution is -2.14. The first kappa shape index (κ1) is 33.6. The van der Waals surface area contributed by atoms with Crippen molar-refractivity contribution in [2.75, 3.05) is 0 Å². The topological polar surface area (TPSA) is 38.7 Å². The van der Waals surface area contributed by atoms with Crippen molar-refractivity contribution in [3.05, 3.63) is 199 Å². The summed E-state index contributed by atoms with van der Waals surface area (Å²) in [5.41, 5.74) is 10.4. The van der Waals surface area contributed by atoms with Gasteiger partial charge in [-0.2, -0.15) is 0 Å². The van der Waals surface area contributed by atoms with Crippen LogP contribution in [0.2, 0.25) is 0 Å². The minimum Gasteiger partial charge on any atom is -0.208 e. The predicted molar refractivity (Wildman–Crippen MR) is 247 cm³/mol. The van der Waals surface area contributed by atoms with Crippen LogP contribution in [0.25, 0.3) is 110 Å². The quantitative estimate of drug-likeness (QED) is 0.168. The minimum absolute atomic E-state index is 0.144. The summed E-state index contributed by atoms with van der Waals surface area (Å²) in [6.07, 6.45) is 0. The zero-order valence-corrected chi connectivity index (χ0v) is 32.7. The maximum Gasteiger partial charge on any atom is 0.164 e. The van der Waals surface area contributed by atoms with E-state index in [9.17, 15) is 0 Å². The molecule has 12 rings (SSSR count). The molecule has 1 aromatic heterocycles. The van der Waals surface area contributed by atoms with Crippen molar-refractivity contribution in [3.8, 4) is 56.4 Å². The number of aromatic nitrogens is 3. The Morgan fingerprint density at radius 3 is 1.36 bits per heavy atom. The molecule has 3 nitrogen and oxygen atoms in total. The van der Waals surface area contributed by atoms with Gasteiger partial charge in [-0.3, -0.25) is 0 Å². The Labute approximate surface area is 342 Å². The molecule has 59 heavy (non-hydrogen) atoms. The number of fused-ring (bicyclic) bond motifs is 10. The van der Waals surface area contributed by atoms with Crippen molar-refractivity contribution in [2.24, 2.45) is 0 Å². The molecule has 0 spiro atoms. The number of hydrogen-bond acceptors (Lipinski definition) is 3. The molecule has 0 N–H and O–H groups in total. The Hall–Kier alpha value is -7.49. The molecule has 1 heterocycles. The Morgan fingerprint density at radius 2 is 0.746 bits per heavy atom. The smallest absolute Gasteiger partial charge is 0.164 e. The predicted octanol–water partition coefficient (Wildman–Crippen LogP) is 14.6. The van der Waals surface area contributed by atoms with Crippen LogP contribution in [0.3, 0.4) is 0 Å². The lowest BCUT2D eigenvalue weighted by Gasteiger charge is -2.22. The van der Waals surface area contributed by atoms with Gasteiger partial charge in [0.05, 0.1) is 0 Å². The van der Waals surface area contributed by atoms with E-state index in [4.69, 9.17) is 15.0 Å². The van der Waals surface area contributed by atoms with Gasteiger partial charge >= 0.3 is 0 Å². The van der Waals surface area contributed by atoms with E-state index in [1.807, 2.05) is 0 Å². The van der Waals surface area contributed by atoms with Crippen molar-refractivity contribution in [2.45, 2.75) is 19.3 Å². The molecule has 1 aliphatic carbocycles. The summed E-state index contributed by atoms with van der Waals surface area (Å²) in [5, 5.41) is 11.6. The highest BCUT2D eigenvalue weighted by Crippen LogP contribution is 2.51. The second-order valence-electron chi connectivity index (χ2n) is 16.3. The Bertz CT molecular complexity index is 3410. The second-order valence-corrected chi connectivity index (χ2v) is 16.3. The van der Waals surface area contributed by atoms with E-state index in [0.29, 0.717) is 17.5 Å². The molecule has 10 aromatic carbocycles. The molecule has 276 valence electrons. The first-order valence-corrected chi connectivity index (χ1v) is 20.4. The zero-order valence-electron chi connectivity index (χ0n) is 32.7. The summed E-state index contributed by atoms with van der Waals surface area (Å²) >= 11 is 0. The molecular formula is C56H37N3. The van der Waals surface area contributed by atoms with E-state index in [2.05, 4.69) is 202 Å². The number of hydrogen-bond donors (Lipinski definition) is 0. The van der Waals surface area contributed by atoms with Gasteiger partial charge in [-0.05, 0) is 106 Å². The molecule has 3 heteroatoms. The van der Waals surface area contributed by atoms with E-state index >= 15 is 0 Å². The fourth-order valence-corrected chi connectivity index (χ4v) is 9.84. The van der Waals surface area contributed by atoms with E-state index in [1.54, 1.807) is 0 Å². The third-order valence-corrected chi connectivity index (χ3v) is 12.7. The van der Waals surface area contributed by atoms with Crippen LogP contribution in [0, 0.1) is 0 Å². The SMILES string of the molecule is CC1(C)c2ccccc2-c2ccc(-c3c(-c4nc(-c5cc6ccccc6c6ccccc56)nc(-c5cc6ccccc6c6ccccc56)n4)ccc4ccccc34)cc21. The Morgan fingerprint density at radius 1 is 0.305 bits per heavy atom. The molecule has 0 saturated heterocycles. The molecular weight excluding hydrogens is 715 g/mol. The molecule has 1 aliphatic rings. The average molecular weight is 752 g/mol. The van der Waals surface area contributed by atoms with Crippen LogP contribution in [0.5, 0.6) is 0 Å². The number of nitrogens with zero attached hydrogens (tertiary/aromatic N) is 3. The Kier molecular flexibility index (Phi) is 7.27. The molecule has 0 aliphatic heterocycles. The van der Waals surface area contributed by atoms with E-state index in [0.717, 1.165) is 54.7 Å². The van der Waals surface area contributed by atoms with Gasteiger partial charge < -0.3 is 0 Å². The van der Waals surface area contributed by atoms with E-state index in [-0.39, 0.29) is 5.41 Å². The monoisotopic (exact) mass is 751 g/mol. The van der Waals surface area contributed by atoms with Crippen molar-refractivity contribution < 1.29 is 0 Å². The zero-order chi connectivity index (χ0) is 39.2. The number of benzene rings is 10. The van der Waals surface area contributed by atoms with Crippen LogP contribution in [0.15, 0.2) is 188 Å². The molecule has 0 atom stereocenters. The van der Waals surface area contributed by atoms with Gasteiger partial charge in [-0.15, -0.1) is 0 Å². The molecule has 0 bridgehead atoms. The van der Waals surface area contributed by atoms with Gasteiger partial charge in [0.1, 0.15) is 0 Å². The largest absolute Gasteiger partial charge is 0.208 e. The van der Waals surface area contributed by atoms with Crippen molar-refractivity contribution in [1.29, 1.82) is 0 Å². The average Bonchev–Trinajstić information content (AvgIpc) is 3.53. The van der Waals surface area contributed by atoms with Gasteiger partial charge in [0.15, 0.2) is 17.5 Å². The summed E-state index contributed by atoms with van der Waals surface area (Å²) in [6.45, 7) is 4.69. The molecule has 0 fully saturated rings. The maximum absolute atomic E-state index is 5.50. The van der Waals surface area contributed by atoms with Crippen LogP contribution in [-0.2, 0) is 5.41 Å². The minimum atomic E-state index is -0.144. The fraction of sp³-hybridized carbons (Fsp3) is 0.0536. The third kappa shape index (κ3) is 5.11. The summed E-state index contributed by atoms with van der Waals surface area (Å²) in [7, 11) is 0. The standard InChI is InChI=1S/C56H37N3/c1-56(2)50-26-14-13-25-45(50)46-29-28-37(33-51(46)56)52-40-20-8-3-15-34(40)27-30-47(52)53-57-54(48-31-35-16-4-6-18-38(35)41-21-9-11-23-43(41)48)59-55(58-53)49-32-36-17-5-7-19-39(36)42-22-10-12-24-44(42)49/h3-33H,1-2H3. The van der Waals surface area contributed by atoms with Gasteiger partial charge in [0.25, 0.3) is 0 Å².